The molecule has 1 aromatic heterocycles. The number of aliphatic carboxylic acids is 1. The Bertz CT molecular complexity index is 769. The standard InChI is InChI=1S/C19H23N3O4/c1-26-16-7-5-15(6-8-16)22-12-10-17(20-22)19(25)21-11-2-3-14(13-21)4-9-18(23)24/h5-8,10,12,14H,2-4,9,11,13H2,1H3,(H,23,24). The SMILES string of the molecule is COc1ccc(-n2ccc(C(=O)N3CCCC(CCC(=O)O)C3)n2)cc1. The van der Waals surface area contributed by atoms with E-state index in [2.05, 4.69) is 5.10 Å². The fourth-order valence-corrected chi connectivity index (χ4v) is 3.29. The maximum atomic E-state index is 12.7. The number of rotatable bonds is 6. The van der Waals surface area contributed by atoms with Gasteiger partial charge in [0.1, 0.15) is 5.75 Å². The fourth-order valence-electron chi connectivity index (χ4n) is 3.29. The Morgan fingerprint density at radius 3 is 2.73 bits per heavy atom. The molecule has 1 aromatic carbocycles. The van der Waals surface area contributed by atoms with E-state index in [1.165, 1.54) is 0 Å². The van der Waals surface area contributed by atoms with Gasteiger partial charge in [-0.1, -0.05) is 0 Å². The lowest BCUT2D eigenvalue weighted by Crippen LogP contribution is -2.40. The number of hydrogen-bond acceptors (Lipinski definition) is 4. The zero-order valence-corrected chi connectivity index (χ0v) is 14.8. The quantitative estimate of drug-likeness (QED) is 0.859. The summed E-state index contributed by atoms with van der Waals surface area (Å²) < 4.78 is 6.81. The largest absolute Gasteiger partial charge is 0.497 e. The van der Waals surface area contributed by atoms with Gasteiger partial charge in [0.05, 0.1) is 12.8 Å². The number of amides is 1. The topological polar surface area (TPSA) is 84.7 Å². The second-order valence-electron chi connectivity index (χ2n) is 6.54. The molecule has 1 N–H and O–H groups in total. The number of aromatic nitrogens is 2. The van der Waals surface area contributed by atoms with Crippen LogP contribution in [0, 0.1) is 5.92 Å². The Kier molecular flexibility index (Phi) is 5.55. The van der Waals surface area contributed by atoms with Crippen LogP contribution in [0.2, 0.25) is 0 Å². The van der Waals surface area contributed by atoms with Crippen LogP contribution in [-0.4, -0.2) is 51.9 Å². The Labute approximate surface area is 152 Å². The van der Waals surface area contributed by atoms with E-state index in [9.17, 15) is 9.59 Å². The normalized spacial score (nSPS) is 17.1. The average molecular weight is 357 g/mol. The van der Waals surface area contributed by atoms with Gasteiger partial charge in [-0.15, -0.1) is 0 Å². The number of piperidine rings is 1. The van der Waals surface area contributed by atoms with Crippen LogP contribution < -0.4 is 4.74 Å². The first-order valence-corrected chi connectivity index (χ1v) is 8.78. The molecule has 2 heterocycles. The van der Waals surface area contributed by atoms with Crippen molar-refractivity contribution < 1.29 is 19.4 Å². The summed E-state index contributed by atoms with van der Waals surface area (Å²) in [6, 6.07) is 9.16. The van der Waals surface area contributed by atoms with E-state index in [1.807, 2.05) is 24.3 Å². The smallest absolute Gasteiger partial charge is 0.303 e. The third kappa shape index (κ3) is 4.22. The maximum absolute atomic E-state index is 12.7. The number of carbonyl (C=O) groups is 2. The predicted octanol–water partition coefficient (Wildman–Crippen LogP) is 2.60. The van der Waals surface area contributed by atoms with Gasteiger partial charge in [-0.05, 0) is 55.5 Å². The second kappa shape index (κ2) is 8.03. The first-order chi connectivity index (χ1) is 12.6. The van der Waals surface area contributed by atoms with Crippen molar-refractivity contribution in [2.75, 3.05) is 20.2 Å². The number of nitrogens with zero attached hydrogens (tertiary/aromatic N) is 3. The lowest BCUT2D eigenvalue weighted by Gasteiger charge is -2.32. The van der Waals surface area contributed by atoms with E-state index in [0.717, 1.165) is 24.3 Å². The Hall–Kier alpha value is -2.83. The minimum atomic E-state index is -0.785. The highest BCUT2D eigenvalue weighted by Gasteiger charge is 2.26. The number of ether oxygens (including phenoxy) is 1. The molecule has 0 saturated carbocycles. The predicted molar refractivity (Wildman–Crippen MR) is 95.6 cm³/mol. The van der Waals surface area contributed by atoms with E-state index >= 15 is 0 Å². The summed E-state index contributed by atoms with van der Waals surface area (Å²) >= 11 is 0. The van der Waals surface area contributed by atoms with Crippen molar-refractivity contribution in [2.45, 2.75) is 25.7 Å². The number of hydrogen-bond donors (Lipinski definition) is 1. The lowest BCUT2D eigenvalue weighted by molar-refractivity contribution is -0.137. The molecule has 0 spiro atoms. The van der Waals surface area contributed by atoms with Crippen molar-refractivity contribution >= 4 is 11.9 Å². The monoisotopic (exact) mass is 357 g/mol. The summed E-state index contributed by atoms with van der Waals surface area (Å²) in [5, 5.41) is 13.2. The molecule has 0 aliphatic carbocycles. The van der Waals surface area contributed by atoms with Gasteiger partial charge in [0.25, 0.3) is 5.91 Å². The van der Waals surface area contributed by atoms with Gasteiger partial charge in [0, 0.05) is 25.7 Å². The van der Waals surface area contributed by atoms with E-state index in [1.54, 1.807) is 29.0 Å². The first-order valence-electron chi connectivity index (χ1n) is 8.78. The minimum Gasteiger partial charge on any atom is -0.497 e. The number of benzene rings is 1. The number of carbonyl (C=O) groups excluding carboxylic acids is 1. The lowest BCUT2D eigenvalue weighted by atomic mass is 9.93. The molecular weight excluding hydrogens is 334 g/mol. The van der Waals surface area contributed by atoms with Crippen molar-refractivity contribution in [3.8, 4) is 11.4 Å². The highest BCUT2D eigenvalue weighted by Crippen LogP contribution is 2.22. The zero-order valence-electron chi connectivity index (χ0n) is 14.8. The van der Waals surface area contributed by atoms with Crippen molar-refractivity contribution in [2.24, 2.45) is 5.92 Å². The van der Waals surface area contributed by atoms with Crippen LogP contribution in [0.5, 0.6) is 5.75 Å². The van der Waals surface area contributed by atoms with Crippen LogP contribution in [0.3, 0.4) is 0 Å². The van der Waals surface area contributed by atoms with E-state index in [-0.39, 0.29) is 18.2 Å². The number of carboxylic acid groups (broad SMARTS) is 1. The van der Waals surface area contributed by atoms with E-state index < -0.39 is 5.97 Å². The van der Waals surface area contributed by atoms with Crippen LogP contribution in [0.1, 0.15) is 36.2 Å². The molecular formula is C19H23N3O4. The molecule has 1 aliphatic heterocycles. The molecule has 1 unspecified atom stereocenters. The third-order valence-corrected chi connectivity index (χ3v) is 4.72. The maximum Gasteiger partial charge on any atom is 0.303 e. The summed E-state index contributed by atoms with van der Waals surface area (Å²) in [6.45, 7) is 1.29. The van der Waals surface area contributed by atoms with Crippen LogP contribution >= 0.6 is 0 Å². The Morgan fingerprint density at radius 1 is 1.27 bits per heavy atom. The molecule has 138 valence electrons. The summed E-state index contributed by atoms with van der Waals surface area (Å²) in [5.41, 5.74) is 1.25. The molecule has 7 nitrogen and oxygen atoms in total. The zero-order chi connectivity index (χ0) is 18.5. The molecule has 1 aliphatic rings. The van der Waals surface area contributed by atoms with Gasteiger partial charge in [-0.2, -0.15) is 5.10 Å². The average Bonchev–Trinajstić information content (AvgIpc) is 3.16. The van der Waals surface area contributed by atoms with Gasteiger partial charge in [-0.25, -0.2) is 4.68 Å². The molecule has 1 atom stereocenters. The minimum absolute atomic E-state index is 0.0997. The van der Waals surface area contributed by atoms with Gasteiger partial charge in [0.2, 0.25) is 0 Å². The number of carboxylic acids is 1. The molecule has 26 heavy (non-hydrogen) atoms. The van der Waals surface area contributed by atoms with Crippen molar-refractivity contribution in [3.63, 3.8) is 0 Å². The van der Waals surface area contributed by atoms with Crippen molar-refractivity contribution in [1.82, 2.24) is 14.7 Å². The first kappa shape index (κ1) is 18.0. The number of likely N-dealkylation sites (tertiary alicyclic amines) is 1. The summed E-state index contributed by atoms with van der Waals surface area (Å²) in [4.78, 5) is 25.3. The fraction of sp³-hybridized carbons (Fsp3) is 0.421. The molecule has 7 heteroatoms. The second-order valence-corrected chi connectivity index (χ2v) is 6.54. The van der Waals surface area contributed by atoms with Gasteiger partial charge in [0.15, 0.2) is 5.69 Å². The molecule has 1 fully saturated rings. The van der Waals surface area contributed by atoms with Crippen molar-refractivity contribution in [3.05, 3.63) is 42.2 Å². The molecule has 0 radical (unpaired) electrons. The van der Waals surface area contributed by atoms with E-state index in [0.29, 0.717) is 25.2 Å². The third-order valence-electron chi connectivity index (χ3n) is 4.72. The van der Waals surface area contributed by atoms with Gasteiger partial charge >= 0.3 is 5.97 Å². The van der Waals surface area contributed by atoms with Crippen LogP contribution in [-0.2, 0) is 4.79 Å². The summed E-state index contributed by atoms with van der Waals surface area (Å²) in [7, 11) is 1.61. The molecule has 1 saturated heterocycles. The Morgan fingerprint density at radius 2 is 2.04 bits per heavy atom. The van der Waals surface area contributed by atoms with E-state index in [4.69, 9.17) is 9.84 Å². The van der Waals surface area contributed by atoms with Crippen LogP contribution in [0.4, 0.5) is 0 Å². The van der Waals surface area contributed by atoms with Crippen LogP contribution in [0.15, 0.2) is 36.5 Å². The summed E-state index contributed by atoms with van der Waals surface area (Å²) in [6.07, 6.45) is 4.39. The molecule has 2 aromatic rings. The van der Waals surface area contributed by atoms with Crippen molar-refractivity contribution in [1.29, 1.82) is 0 Å². The Balaban J connectivity index is 1.66. The summed E-state index contributed by atoms with van der Waals surface area (Å²) in [5.74, 6) is 0.120. The highest BCUT2D eigenvalue weighted by atomic mass is 16.5. The van der Waals surface area contributed by atoms with Gasteiger partial charge in [-0.3, -0.25) is 9.59 Å². The van der Waals surface area contributed by atoms with Gasteiger partial charge < -0.3 is 14.7 Å². The molecule has 1 amide bonds. The molecule has 3 rings (SSSR count). The highest BCUT2D eigenvalue weighted by molar-refractivity contribution is 5.92. The number of methoxy groups -OCH3 is 1. The molecule has 0 bridgehead atoms. The van der Waals surface area contributed by atoms with Crippen LogP contribution in [0.25, 0.3) is 5.69 Å².